The van der Waals surface area contributed by atoms with Gasteiger partial charge in [-0.1, -0.05) is 0 Å². The van der Waals surface area contributed by atoms with Crippen LogP contribution >= 0.6 is 0 Å². The van der Waals surface area contributed by atoms with Gasteiger partial charge in [0.05, 0.1) is 5.56 Å². The summed E-state index contributed by atoms with van der Waals surface area (Å²) in [6, 6.07) is 7.90. The second-order valence-corrected chi connectivity index (χ2v) is 6.27. The number of pyridine rings is 2. The zero-order chi connectivity index (χ0) is 18.8. The molecule has 4 aromatic rings. The lowest BCUT2D eigenvalue weighted by molar-refractivity contribution is 0.805. The van der Waals surface area contributed by atoms with Gasteiger partial charge in [-0.05, 0) is 36.8 Å². The topological polar surface area (TPSA) is 96.4 Å². The van der Waals surface area contributed by atoms with E-state index in [1.807, 2.05) is 43.6 Å². The van der Waals surface area contributed by atoms with Gasteiger partial charge in [-0.25, -0.2) is 4.79 Å². The first kappa shape index (κ1) is 16.7. The van der Waals surface area contributed by atoms with Crippen LogP contribution in [0.3, 0.4) is 0 Å². The van der Waals surface area contributed by atoms with Crippen LogP contribution in [0.25, 0.3) is 22.3 Å². The van der Waals surface area contributed by atoms with Crippen molar-refractivity contribution < 1.29 is 0 Å². The fraction of sp³-hybridized carbons (Fsp3) is 0.100. The first-order chi connectivity index (χ1) is 13.1. The standard InChI is InChI=1S/C20H17N5O2/c1-13-17(8-16(9-22-13)18-10-23-20(27)24-19(18)26)15-4-7-25(12-15)11-14-2-5-21-6-3-14/h2-10,12H,11H2,1H3,(H2,23,24,26,27). The minimum Gasteiger partial charge on any atom is -0.349 e. The molecule has 4 rings (SSSR count). The molecule has 0 aliphatic rings. The van der Waals surface area contributed by atoms with E-state index in [4.69, 9.17) is 0 Å². The lowest BCUT2D eigenvalue weighted by Gasteiger charge is -2.07. The Morgan fingerprint density at radius 2 is 1.89 bits per heavy atom. The van der Waals surface area contributed by atoms with Crippen LogP contribution in [0.15, 0.2) is 71.0 Å². The molecule has 134 valence electrons. The summed E-state index contributed by atoms with van der Waals surface area (Å²) >= 11 is 0. The highest BCUT2D eigenvalue weighted by Crippen LogP contribution is 2.26. The number of H-pyrrole nitrogens is 2. The van der Waals surface area contributed by atoms with E-state index in [0.29, 0.717) is 11.1 Å². The average molecular weight is 359 g/mol. The summed E-state index contributed by atoms with van der Waals surface area (Å²) in [6.07, 6.45) is 10.7. The molecule has 0 amide bonds. The molecule has 4 heterocycles. The molecule has 0 unspecified atom stereocenters. The summed E-state index contributed by atoms with van der Waals surface area (Å²) in [4.78, 5) is 36.5. The molecule has 0 saturated heterocycles. The summed E-state index contributed by atoms with van der Waals surface area (Å²) in [7, 11) is 0. The number of nitrogens with zero attached hydrogens (tertiary/aromatic N) is 3. The summed E-state index contributed by atoms with van der Waals surface area (Å²) < 4.78 is 2.09. The van der Waals surface area contributed by atoms with Gasteiger partial charge in [0, 0.05) is 66.1 Å². The Morgan fingerprint density at radius 1 is 1.07 bits per heavy atom. The minimum absolute atomic E-state index is 0.375. The van der Waals surface area contributed by atoms with Crippen molar-refractivity contribution in [2.24, 2.45) is 0 Å². The van der Waals surface area contributed by atoms with Crippen molar-refractivity contribution in [2.45, 2.75) is 13.5 Å². The van der Waals surface area contributed by atoms with Gasteiger partial charge < -0.3 is 9.55 Å². The fourth-order valence-electron chi connectivity index (χ4n) is 2.99. The highest BCUT2D eigenvalue weighted by atomic mass is 16.2. The van der Waals surface area contributed by atoms with Crippen molar-refractivity contribution >= 4 is 0 Å². The van der Waals surface area contributed by atoms with Gasteiger partial charge in [-0.15, -0.1) is 0 Å². The van der Waals surface area contributed by atoms with Gasteiger partial charge >= 0.3 is 5.69 Å². The monoisotopic (exact) mass is 359 g/mol. The second-order valence-electron chi connectivity index (χ2n) is 6.27. The van der Waals surface area contributed by atoms with Crippen LogP contribution in [0.5, 0.6) is 0 Å². The van der Waals surface area contributed by atoms with Gasteiger partial charge in [0.25, 0.3) is 5.56 Å². The number of aryl methyl sites for hydroxylation is 1. The third kappa shape index (κ3) is 3.48. The molecule has 0 aromatic carbocycles. The van der Waals surface area contributed by atoms with E-state index in [0.717, 1.165) is 28.9 Å². The predicted octanol–water partition coefficient (Wildman–Crippen LogP) is 2.35. The van der Waals surface area contributed by atoms with Gasteiger partial charge in [0.15, 0.2) is 0 Å². The normalized spacial score (nSPS) is 10.9. The Balaban J connectivity index is 1.70. The summed E-state index contributed by atoms with van der Waals surface area (Å²) in [5, 5.41) is 0. The first-order valence-electron chi connectivity index (χ1n) is 8.44. The maximum Gasteiger partial charge on any atom is 0.325 e. The van der Waals surface area contributed by atoms with Crippen molar-refractivity contribution in [2.75, 3.05) is 0 Å². The molecule has 0 spiro atoms. The summed E-state index contributed by atoms with van der Waals surface area (Å²) in [5.74, 6) is 0. The largest absolute Gasteiger partial charge is 0.349 e. The Kier molecular flexibility index (Phi) is 4.25. The van der Waals surface area contributed by atoms with Crippen molar-refractivity contribution in [3.8, 4) is 22.3 Å². The molecule has 7 nitrogen and oxygen atoms in total. The number of hydrogen-bond acceptors (Lipinski definition) is 4. The van der Waals surface area contributed by atoms with Gasteiger partial charge in [-0.2, -0.15) is 0 Å². The maximum atomic E-state index is 12.1. The molecule has 2 N–H and O–H groups in total. The quantitative estimate of drug-likeness (QED) is 0.584. The van der Waals surface area contributed by atoms with Gasteiger partial charge in [0.1, 0.15) is 0 Å². The van der Waals surface area contributed by atoms with E-state index in [1.54, 1.807) is 18.6 Å². The van der Waals surface area contributed by atoms with E-state index in [2.05, 4.69) is 24.5 Å². The Labute approximate surface area is 154 Å². The molecule has 0 atom stereocenters. The van der Waals surface area contributed by atoms with Crippen molar-refractivity contribution in [1.29, 1.82) is 0 Å². The smallest absolute Gasteiger partial charge is 0.325 e. The predicted molar refractivity (Wildman–Crippen MR) is 102 cm³/mol. The lowest BCUT2D eigenvalue weighted by Crippen LogP contribution is -2.22. The third-order valence-electron chi connectivity index (χ3n) is 4.39. The maximum absolute atomic E-state index is 12.1. The first-order valence-corrected chi connectivity index (χ1v) is 8.44. The molecule has 0 aliphatic heterocycles. The number of aromatic nitrogens is 5. The van der Waals surface area contributed by atoms with Crippen LogP contribution in [-0.2, 0) is 6.54 Å². The number of hydrogen-bond donors (Lipinski definition) is 2. The molecule has 0 bridgehead atoms. The van der Waals surface area contributed by atoms with Crippen molar-refractivity contribution in [3.63, 3.8) is 0 Å². The van der Waals surface area contributed by atoms with E-state index in [-0.39, 0.29) is 0 Å². The highest BCUT2D eigenvalue weighted by molar-refractivity contribution is 5.72. The Bertz CT molecular complexity index is 1200. The molecule has 0 saturated carbocycles. The number of aromatic amines is 2. The van der Waals surface area contributed by atoms with Crippen LogP contribution in [0.1, 0.15) is 11.3 Å². The van der Waals surface area contributed by atoms with E-state index in [9.17, 15) is 9.59 Å². The number of nitrogens with one attached hydrogen (secondary N) is 2. The molecule has 0 fully saturated rings. The molecule has 4 aromatic heterocycles. The van der Waals surface area contributed by atoms with Gasteiger partial charge in [0.2, 0.25) is 0 Å². The molecule has 7 heteroatoms. The molecular weight excluding hydrogens is 342 g/mol. The third-order valence-corrected chi connectivity index (χ3v) is 4.39. The Morgan fingerprint density at radius 3 is 2.67 bits per heavy atom. The average Bonchev–Trinajstić information content (AvgIpc) is 3.11. The van der Waals surface area contributed by atoms with Crippen LogP contribution in [0, 0.1) is 6.92 Å². The second kappa shape index (κ2) is 6.87. The SMILES string of the molecule is Cc1ncc(-c2c[nH]c(=O)[nH]c2=O)cc1-c1ccn(Cc2ccncc2)c1. The van der Waals surface area contributed by atoms with E-state index >= 15 is 0 Å². The van der Waals surface area contributed by atoms with Crippen molar-refractivity contribution in [3.05, 3.63) is 93.5 Å². The van der Waals surface area contributed by atoms with Crippen LogP contribution < -0.4 is 11.2 Å². The molecule has 27 heavy (non-hydrogen) atoms. The van der Waals surface area contributed by atoms with Crippen molar-refractivity contribution in [1.82, 2.24) is 24.5 Å². The zero-order valence-corrected chi connectivity index (χ0v) is 14.6. The van der Waals surface area contributed by atoms with E-state index in [1.165, 1.54) is 6.20 Å². The van der Waals surface area contributed by atoms with Crippen LogP contribution in [0.4, 0.5) is 0 Å². The zero-order valence-electron chi connectivity index (χ0n) is 14.6. The summed E-state index contributed by atoms with van der Waals surface area (Å²) in [6.45, 7) is 2.67. The molecule has 0 radical (unpaired) electrons. The fourth-order valence-corrected chi connectivity index (χ4v) is 2.99. The van der Waals surface area contributed by atoms with E-state index < -0.39 is 11.2 Å². The van der Waals surface area contributed by atoms with Crippen LogP contribution in [-0.4, -0.2) is 24.5 Å². The highest BCUT2D eigenvalue weighted by Gasteiger charge is 2.10. The Hall–Kier alpha value is -3.74. The molecule has 0 aliphatic carbocycles. The molecular formula is C20H17N5O2. The van der Waals surface area contributed by atoms with Crippen LogP contribution in [0.2, 0.25) is 0 Å². The minimum atomic E-state index is -0.530. The summed E-state index contributed by atoms with van der Waals surface area (Å²) in [5.41, 5.74) is 4.03. The lowest BCUT2D eigenvalue weighted by atomic mass is 10.0. The van der Waals surface area contributed by atoms with Gasteiger partial charge in [-0.3, -0.25) is 19.7 Å². The number of rotatable bonds is 4.